The van der Waals surface area contributed by atoms with E-state index in [4.69, 9.17) is 4.74 Å². The van der Waals surface area contributed by atoms with Crippen molar-refractivity contribution in [3.05, 3.63) is 57.4 Å². The van der Waals surface area contributed by atoms with Gasteiger partial charge in [-0.05, 0) is 37.3 Å². The first-order valence-electron chi connectivity index (χ1n) is 8.11. The predicted octanol–water partition coefficient (Wildman–Crippen LogP) is 4.46. The summed E-state index contributed by atoms with van der Waals surface area (Å²) in [5.41, 5.74) is 2.83. The van der Waals surface area contributed by atoms with E-state index in [9.17, 15) is 9.59 Å². The molecule has 3 aromatic rings. The van der Waals surface area contributed by atoms with Crippen LogP contribution in [-0.4, -0.2) is 23.4 Å². The van der Waals surface area contributed by atoms with Crippen LogP contribution in [0.2, 0.25) is 0 Å². The van der Waals surface area contributed by atoms with Gasteiger partial charge in [0, 0.05) is 20.5 Å². The van der Waals surface area contributed by atoms with Crippen LogP contribution in [0, 0.1) is 6.92 Å². The van der Waals surface area contributed by atoms with Crippen molar-refractivity contribution in [2.24, 2.45) is 0 Å². The van der Waals surface area contributed by atoms with E-state index in [2.05, 4.69) is 31.5 Å². The Balaban J connectivity index is 1.54. The number of fused-ring (bicyclic) bond motifs is 1. The van der Waals surface area contributed by atoms with Gasteiger partial charge in [0.25, 0.3) is 11.8 Å². The Kier molecular flexibility index (Phi) is 4.67. The summed E-state index contributed by atoms with van der Waals surface area (Å²) >= 11 is 4.84. The standard InChI is InChI=1S/C19H14BrN3O3S/c1-10-17(11-2-5-13(20)6-3-11)22-19(27-10)23-18(25)12-4-7-14-15(8-12)26-9-16(24)21-14/h2-8H,9H2,1H3,(H,21,24)(H,22,23,25). The molecule has 4 rings (SSSR count). The Bertz CT molecular complexity index is 1050. The average molecular weight is 444 g/mol. The minimum Gasteiger partial charge on any atom is -0.482 e. The fourth-order valence-corrected chi connectivity index (χ4v) is 3.81. The van der Waals surface area contributed by atoms with Crippen molar-refractivity contribution < 1.29 is 14.3 Å². The molecule has 0 aliphatic carbocycles. The summed E-state index contributed by atoms with van der Waals surface area (Å²) < 4.78 is 6.36. The Hall–Kier alpha value is -2.71. The molecule has 2 heterocycles. The highest BCUT2D eigenvalue weighted by Crippen LogP contribution is 2.32. The second kappa shape index (κ2) is 7.13. The molecule has 2 amide bonds. The number of hydrogen-bond acceptors (Lipinski definition) is 5. The van der Waals surface area contributed by atoms with E-state index in [0.717, 1.165) is 20.6 Å². The van der Waals surface area contributed by atoms with E-state index in [1.54, 1.807) is 18.2 Å². The van der Waals surface area contributed by atoms with Crippen molar-refractivity contribution in [1.82, 2.24) is 4.98 Å². The zero-order chi connectivity index (χ0) is 19.0. The zero-order valence-corrected chi connectivity index (χ0v) is 16.6. The first-order valence-corrected chi connectivity index (χ1v) is 9.72. The molecule has 0 atom stereocenters. The first kappa shape index (κ1) is 17.7. The second-order valence-electron chi connectivity index (χ2n) is 5.93. The second-order valence-corrected chi connectivity index (χ2v) is 8.05. The average Bonchev–Trinajstić information content (AvgIpc) is 3.02. The van der Waals surface area contributed by atoms with Gasteiger partial charge in [0.1, 0.15) is 5.75 Å². The number of nitrogens with one attached hydrogen (secondary N) is 2. The summed E-state index contributed by atoms with van der Waals surface area (Å²) in [5.74, 6) is -0.0130. The third kappa shape index (κ3) is 3.72. The lowest BCUT2D eigenvalue weighted by Crippen LogP contribution is -2.25. The van der Waals surface area contributed by atoms with Crippen molar-refractivity contribution >= 4 is 49.9 Å². The summed E-state index contributed by atoms with van der Waals surface area (Å²) in [6, 6.07) is 12.8. The topological polar surface area (TPSA) is 80.3 Å². The van der Waals surface area contributed by atoms with Crippen LogP contribution in [0.1, 0.15) is 15.2 Å². The Morgan fingerprint density at radius 1 is 1.26 bits per heavy atom. The van der Waals surface area contributed by atoms with E-state index in [-0.39, 0.29) is 18.4 Å². The Morgan fingerprint density at radius 3 is 2.81 bits per heavy atom. The van der Waals surface area contributed by atoms with E-state index in [1.807, 2.05) is 31.2 Å². The fraction of sp³-hybridized carbons (Fsp3) is 0.105. The first-order chi connectivity index (χ1) is 13.0. The van der Waals surface area contributed by atoms with Gasteiger partial charge >= 0.3 is 0 Å². The van der Waals surface area contributed by atoms with Gasteiger partial charge in [0.15, 0.2) is 11.7 Å². The summed E-state index contributed by atoms with van der Waals surface area (Å²) in [6.07, 6.45) is 0. The number of amides is 2. The SMILES string of the molecule is Cc1sc(NC(=O)c2ccc3c(c2)OCC(=O)N3)nc1-c1ccc(Br)cc1. The normalized spacial score (nSPS) is 12.7. The van der Waals surface area contributed by atoms with Crippen LogP contribution in [0.5, 0.6) is 5.75 Å². The maximum Gasteiger partial charge on any atom is 0.262 e. The van der Waals surface area contributed by atoms with Crippen LogP contribution in [0.4, 0.5) is 10.8 Å². The van der Waals surface area contributed by atoms with Gasteiger partial charge in [0.05, 0.1) is 11.4 Å². The minimum absolute atomic E-state index is 0.0553. The third-order valence-corrected chi connectivity index (χ3v) is 5.43. The number of aromatic nitrogens is 1. The highest BCUT2D eigenvalue weighted by molar-refractivity contribution is 9.10. The number of hydrogen-bond donors (Lipinski definition) is 2. The van der Waals surface area contributed by atoms with Crippen LogP contribution in [0.25, 0.3) is 11.3 Å². The zero-order valence-electron chi connectivity index (χ0n) is 14.2. The molecule has 0 fully saturated rings. The van der Waals surface area contributed by atoms with Gasteiger partial charge in [-0.25, -0.2) is 4.98 Å². The summed E-state index contributed by atoms with van der Waals surface area (Å²) in [5, 5.41) is 6.06. The maximum atomic E-state index is 12.6. The molecule has 0 spiro atoms. The van der Waals surface area contributed by atoms with Gasteiger partial charge in [-0.3, -0.25) is 14.9 Å². The predicted molar refractivity (Wildman–Crippen MR) is 109 cm³/mol. The Labute approximate surface area is 167 Å². The number of thiazole rings is 1. The lowest BCUT2D eigenvalue weighted by molar-refractivity contribution is -0.118. The van der Waals surface area contributed by atoms with Crippen molar-refractivity contribution in [3.63, 3.8) is 0 Å². The van der Waals surface area contributed by atoms with Crippen LogP contribution in [-0.2, 0) is 4.79 Å². The van der Waals surface area contributed by atoms with Crippen LogP contribution >= 0.6 is 27.3 Å². The molecule has 0 unspecified atom stereocenters. The van der Waals surface area contributed by atoms with Crippen molar-refractivity contribution in [2.45, 2.75) is 6.92 Å². The summed E-state index contributed by atoms with van der Waals surface area (Å²) in [4.78, 5) is 29.5. The number of ether oxygens (including phenoxy) is 1. The molecule has 1 aliphatic heterocycles. The molecular formula is C19H14BrN3O3S. The van der Waals surface area contributed by atoms with Crippen LogP contribution in [0.3, 0.4) is 0 Å². The minimum atomic E-state index is -0.283. The lowest BCUT2D eigenvalue weighted by atomic mass is 10.1. The molecule has 2 aromatic carbocycles. The molecular weight excluding hydrogens is 430 g/mol. The van der Waals surface area contributed by atoms with E-state index >= 15 is 0 Å². The van der Waals surface area contributed by atoms with Crippen molar-refractivity contribution in [3.8, 4) is 17.0 Å². The van der Waals surface area contributed by atoms with Gasteiger partial charge in [-0.15, -0.1) is 11.3 Å². The van der Waals surface area contributed by atoms with Gasteiger partial charge in [-0.1, -0.05) is 28.1 Å². The van der Waals surface area contributed by atoms with E-state index in [1.165, 1.54) is 11.3 Å². The molecule has 1 aromatic heterocycles. The number of rotatable bonds is 3. The van der Waals surface area contributed by atoms with E-state index < -0.39 is 0 Å². The number of carbonyl (C=O) groups excluding carboxylic acids is 2. The monoisotopic (exact) mass is 443 g/mol. The van der Waals surface area contributed by atoms with Crippen molar-refractivity contribution in [1.29, 1.82) is 0 Å². The molecule has 2 N–H and O–H groups in total. The highest BCUT2D eigenvalue weighted by atomic mass is 79.9. The summed E-state index contributed by atoms with van der Waals surface area (Å²) in [6.45, 7) is 1.92. The Morgan fingerprint density at radius 2 is 2.04 bits per heavy atom. The molecule has 6 nitrogen and oxygen atoms in total. The number of benzene rings is 2. The molecule has 8 heteroatoms. The number of aryl methyl sites for hydroxylation is 1. The molecule has 0 bridgehead atoms. The molecule has 1 aliphatic rings. The third-order valence-electron chi connectivity index (χ3n) is 4.01. The van der Waals surface area contributed by atoms with Gasteiger partial charge in [0.2, 0.25) is 0 Å². The largest absolute Gasteiger partial charge is 0.482 e. The maximum absolute atomic E-state index is 12.6. The number of halogens is 1. The molecule has 0 saturated carbocycles. The highest BCUT2D eigenvalue weighted by Gasteiger charge is 2.19. The molecule has 0 radical (unpaired) electrons. The number of nitrogens with zero attached hydrogens (tertiary/aromatic N) is 1. The van der Waals surface area contributed by atoms with Crippen LogP contribution < -0.4 is 15.4 Å². The smallest absolute Gasteiger partial charge is 0.262 e. The van der Waals surface area contributed by atoms with Gasteiger partial charge in [-0.2, -0.15) is 0 Å². The molecule has 27 heavy (non-hydrogen) atoms. The number of carbonyl (C=O) groups is 2. The fourth-order valence-electron chi connectivity index (χ4n) is 2.71. The molecule has 0 saturated heterocycles. The lowest BCUT2D eigenvalue weighted by Gasteiger charge is -2.18. The van der Waals surface area contributed by atoms with E-state index in [0.29, 0.717) is 22.1 Å². The van der Waals surface area contributed by atoms with Crippen LogP contribution in [0.15, 0.2) is 46.9 Å². The number of anilines is 2. The van der Waals surface area contributed by atoms with Crippen molar-refractivity contribution in [2.75, 3.05) is 17.2 Å². The quantitative estimate of drug-likeness (QED) is 0.625. The summed E-state index contributed by atoms with van der Waals surface area (Å²) in [7, 11) is 0. The molecule has 136 valence electrons. The van der Waals surface area contributed by atoms with Gasteiger partial charge < -0.3 is 10.1 Å².